The number of aliphatic hydroxyl groups excluding tert-OH is 1. The molecule has 0 radical (unpaired) electrons. The van der Waals surface area contributed by atoms with E-state index in [1.807, 2.05) is 24.3 Å². The fraction of sp³-hybridized carbons (Fsp3) is 0.385. The van der Waals surface area contributed by atoms with Gasteiger partial charge in [0.05, 0.1) is 26.4 Å². The van der Waals surface area contributed by atoms with Gasteiger partial charge in [-0.05, 0) is 24.1 Å². The molecule has 1 N–H and O–H groups in total. The molecule has 0 heterocycles. The number of alkyl halides is 1. The van der Waals surface area contributed by atoms with Crippen LogP contribution in [-0.4, -0.2) is 24.7 Å². The summed E-state index contributed by atoms with van der Waals surface area (Å²) in [6.45, 7) is -0.0296. The summed E-state index contributed by atoms with van der Waals surface area (Å²) in [5.74, 6) is 1.42. The van der Waals surface area contributed by atoms with Gasteiger partial charge in [0.25, 0.3) is 0 Å². The molecule has 1 aromatic carbocycles. The molecule has 1 rings (SSSR count). The first kappa shape index (κ1) is 14.1. The third kappa shape index (κ3) is 3.75. The SMILES string of the molecule is COc1cc(CO)cc(OC)c1C=CCCBr. The van der Waals surface area contributed by atoms with Crippen molar-refractivity contribution in [2.45, 2.75) is 13.0 Å². The molecule has 94 valence electrons. The zero-order valence-electron chi connectivity index (χ0n) is 10.1. The Morgan fingerprint density at radius 1 is 1.24 bits per heavy atom. The Kier molecular flexibility index (Phi) is 6.08. The van der Waals surface area contributed by atoms with Crippen LogP contribution >= 0.6 is 15.9 Å². The van der Waals surface area contributed by atoms with Crippen molar-refractivity contribution in [1.29, 1.82) is 0 Å². The monoisotopic (exact) mass is 300 g/mol. The molecule has 0 spiro atoms. The van der Waals surface area contributed by atoms with Crippen LogP contribution in [0.2, 0.25) is 0 Å². The van der Waals surface area contributed by atoms with E-state index in [0.717, 1.165) is 22.9 Å². The lowest BCUT2D eigenvalue weighted by molar-refractivity contribution is 0.280. The molecular formula is C13H17BrO3. The fourth-order valence-electron chi connectivity index (χ4n) is 1.51. The fourth-order valence-corrected chi connectivity index (χ4v) is 1.78. The van der Waals surface area contributed by atoms with Gasteiger partial charge in [-0.15, -0.1) is 0 Å². The van der Waals surface area contributed by atoms with Gasteiger partial charge in [0.15, 0.2) is 0 Å². The number of halogens is 1. The van der Waals surface area contributed by atoms with E-state index in [2.05, 4.69) is 15.9 Å². The van der Waals surface area contributed by atoms with E-state index in [4.69, 9.17) is 14.6 Å². The van der Waals surface area contributed by atoms with Crippen molar-refractivity contribution in [3.63, 3.8) is 0 Å². The molecule has 0 saturated heterocycles. The first-order chi connectivity index (χ1) is 8.26. The summed E-state index contributed by atoms with van der Waals surface area (Å²) in [5.41, 5.74) is 1.67. The highest BCUT2D eigenvalue weighted by atomic mass is 79.9. The van der Waals surface area contributed by atoms with Gasteiger partial charge in [-0.1, -0.05) is 28.1 Å². The Labute approximate surface area is 110 Å². The smallest absolute Gasteiger partial charge is 0.130 e. The zero-order valence-corrected chi connectivity index (χ0v) is 11.7. The van der Waals surface area contributed by atoms with Gasteiger partial charge in [0.1, 0.15) is 11.5 Å². The minimum Gasteiger partial charge on any atom is -0.496 e. The number of methoxy groups -OCH3 is 2. The van der Waals surface area contributed by atoms with E-state index in [9.17, 15) is 0 Å². The maximum absolute atomic E-state index is 9.15. The van der Waals surface area contributed by atoms with Crippen LogP contribution in [0.25, 0.3) is 6.08 Å². The molecular weight excluding hydrogens is 284 g/mol. The van der Waals surface area contributed by atoms with Gasteiger partial charge < -0.3 is 14.6 Å². The molecule has 0 amide bonds. The van der Waals surface area contributed by atoms with Crippen LogP contribution in [0, 0.1) is 0 Å². The molecule has 0 unspecified atom stereocenters. The Morgan fingerprint density at radius 2 is 1.82 bits per heavy atom. The predicted molar refractivity (Wildman–Crippen MR) is 72.9 cm³/mol. The molecule has 0 aliphatic rings. The van der Waals surface area contributed by atoms with Crippen molar-refractivity contribution in [2.24, 2.45) is 0 Å². The molecule has 0 bridgehead atoms. The van der Waals surface area contributed by atoms with E-state index in [-0.39, 0.29) is 6.61 Å². The van der Waals surface area contributed by atoms with Crippen molar-refractivity contribution < 1.29 is 14.6 Å². The Morgan fingerprint density at radius 3 is 2.24 bits per heavy atom. The number of rotatable bonds is 6. The zero-order chi connectivity index (χ0) is 12.7. The number of ether oxygens (including phenoxy) is 2. The summed E-state index contributed by atoms with van der Waals surface area (Å²) in [5, 5.41) is 10.1. The average Bonchev–Trinajstić information content (AvgIpc) is 2.38. The molecule has 0 fully saturated rings. The Balaban J connectivity index is 3.15. The minimum atomic E-state index is -0.0296. The normalized spacial score (nSPS) is 10.8. The quantitative estimate of drug-likeness (QED) is 0.821. The number of aliphatic hydroxyl groups is 1. The lowest BCUT2D eigenvalue weighted by atomic mass is 10.1. The molecule has 0 aliphatic heterocycles. The van der Waals surface area contributed by atoms with Crippen LogP contribution in [0.15, 0.2) is 18.2 Å². The van der Waals surface area contributed by atoms with Gasteiger partial charge in [-0.25, -0.2) is 0 Å². The standard InChI is InChI=1S/C13H17BrO3/c1-16-12-7-10(9-15)8-13(17-2)11(12)5-3-4-6-14/h3,5,7-8,15H,4,6,9H2,1-2H3. The number of hydrogen-bond donors (Lipinski definition) is 1. The van der Waals surface area contributed by atoms with Gasteiger partial charge >= 0.3 is 0 Å². The van der Waals surface area contributed by atoms with Crippen molar-refractivity contribution in [1.82, 2.24) is 0 Å². The maximum atomic E-state index is 9.15. The van der Waals surface area contributed by atoms with E-state index in [1.165, 1.54) is 0 Å². The molecule has 0 atom stereocenters. The average molecular weight is 301 g/mol. The Bertz CT molecular complexity index is 363. The highest BCUT2D eigenvalue weighted by molar-refractivity contribution is 9.09. The maximum Gasteiger partial charge on any atom is 0.130 e. The molecule has 0 saturated carbocycles. The highest BCUT2D eigenvalue weighted by Gasteiger charge is 2.09. The number of benzene rings is 1. The molecule has 17 heavy (non-hydrogen) atoms. The Hall–Kier alpha value is -1.00. The second kappa shape index (κ2) is 7.35. The molecule has 4 heteroatoms. The first-order valence-corrected chi connectivity index (χ1v) is 6.47. The van der Waals surface area contributed by atoms with Crippen LogP contribution in [0.1, 0.15) is 17.5 Å². The van der Waals surface area contributed by atoms with Gasteiger partial charge in [-0.3, -0.25) is 0 Å². The van der Waals surface area contributed by atoms with Crippen LogP contribution in [0.4, 0.5) is 0 Å². The predicted octanol–water partition coefficient (Wildman–Crippen LogP) is 2.99. The van der Waals surface area contributed by atoms with Crippen molar-refractivity contribution >= 4 is 22.0 Å². The lowest BCUT2D eigenvalue weighted by Crippen LogP contribution is -1.95. The summed E-state index contributed by atoms with van der Waals surface area (Å²) in [4.78, 5) is 0. The summed E-state index contributed by atoms with van der Waals surface area (Å²) >= 11 is 3.37. The van der Waals surface area contributed by atoms with E-state index < -0.39 is 0 Å². The molecule has 0 aromatic heterocycles. The number of hydrogen-bond acceptors (Lipinski definition) is 3. The minimum absolute atomic E-state index is 0.0296. The van der Waals surface area contributed by atoms with Gasteiger partial charge in [0.2, 0.25) is 0 Å². The van der Waals surface area contributed by atoms with E-state index >= 15 is 0 Å². The van der Waals surface area contributed by atoms with Gasteiger partial charge in [0, 0.05) is 5.33 Å². The molecule has 3 nitrogen and oxygen atoms in total. The molecule has 1 aromatic rings. The van der Waals surface area contributed by atoms with E-state index in [1.54, 1.807) is 14.2 Å². The van der Waals surface area contributed by atoms with Crippen molar-refractivity contribution in [2.75, 3.05) is 19.5 Å². The summed E-state index contributed by atoms with van der Waals surface area (Å²) in [6.07, 6.45) is 4.96. The topological polar surface area (TPSA) is 38.7 Å². The third-order valence-corrected chi connectivity index (χ3v) is 2.80. The number of allylic oxidation sites excluding steroid dienone is 1. The van der Waals surface area contributed by atoms with Crippen LogP contribution < -0.4 is 9.47 Å². The molecule has 0 aliphatic carbocycles. The summed E-state index contributed by atoms with van der Waals surface area (Å²) in [6, 6.07) is 3.63. The third-order valence-electron chi connectivity index (χ3n) is 2.35. The lowest BCUT2D eigenvalue weighted by Gasteiger charge is -2.12. The first-order valence-electron chi connectivity index (χ1n) is 5.35. The van der Waals surface area contributed by atoms with Crippen LogP contribution in [0.3, 0.4) is 0 Å². The summed E-state index contributed by atoms with van der Waals surface area (Å²) in [7, 11) is 3.22. The van der Waals surface area contributed by atoms with Gasteiger partial charge in [-0.2, -0.15) is 0 Å². The second-order valence-corrected chi connectivity index (χ2v) is 4.25. The van der Waals surface area contributed by atoms with Crippen molar-refractivity contribution in [3.05, 3.63) is 29.3 Å². The van der Waals surface area contributed by atoms with E-state index in [0.29, 0.717) is 11.5 Å². The largest absolute Gasteiger partial charge is 0.496 e. The van der Waals surface area contributed by atoms with Crippen LogP contribution in [0.5, 0.6) is 11.5 Å². The summed E-state index contributed by atoms with van der Waals surface area (Å²) < 4.78 is 10.6. The second-order valence-electron chi connectivity index (χ2n) is 3.45. The van der Waals surface area contributed by atoms with Crippen LogP contribution in [-0.2, 0) is 6.61 Å². The highest BCUT2D eigenvalue weighted by Crippen LogP contribution is 2.32. The van der Waals surface area contributed by atoms with Crippen molar-refractivity contribution in [3.8, 4) is 11.5 Å².